The first-order chi connectivity index (χ1) is 12.8. The topological polar surface area (TPSA) is 122 Å². The first kappa shape index (κ1) is 23.4. The molecule has 0 spiro atoms. The molecule has 28 heavy (non-hydrogen) atoms. The van der Waals surface area contributed by atoms with E-state index in [1.807, 2.05) is 14.0 Å². The molecule has 0 unspecified atom stereocenters. The van der Waals surface area contributed by atoms with E-state index in [1.54, 1.807) is 6.92 Å². The summed E-state index contributed by atoms with van der Waals surface area (Å²) in [5.41, 5.74) is 0.0681. The van der Waals surface area contributed by atoms with Gasteiger partial charge in [-0.1, -0.05) is 6.92 Å². The number of carbonyl (C=O) groups excluding carboxylic acids is 1. The summed E-state index contributed by atoms with van der Waals surface area (Å²) in [6, 6.07) is -0.289. The lowest BCUT2D eigenvalue weighted by molar-refractivity contribution is -0.163. The Kier molecular flexibility index (Phi) is 7.80. The molecule has 3 heterocycles. The van der Waals surface area contributed by atoms with Crippen molar-refractivity contribution in [3.8, 4) is 0 Å². The number of aliphatic carboxylic acids is 1. The molecule has 5 N–H and O–H groups in total. The number of halogens is 1. The van der Waals surface area contributed by atoms with E-state index < -0.39 is 24.1 Å². The Morgan fingerprint density at radius 3 is 2.68 bits per heavy atom. The van der Waals surface area contributed by atoms with Crippen LogP contribution in [-0.4, -0.2) is 81.8 Å². The summed E-state index contributed by atoms with van der Waals surface area (Å²) in [7, 11) is 1.85. The number of fused-ring (bicyclic) bond motifs is 1. The molecule has 0 aromatic heterocycles. The third kappa shape index (κ3) is 4.06. The summed E-state index contributed by atoms with van der Waals surface area (Å²) < 4.78 is 0. The molecular weight excluding hydrogens is 406 g/mol. The van der Waals surface area contributed by atoms with Crippen LogP contribution in [0.1, 0.15) is 26.7 Å². The van der Waals surface area contributed by atoms with Gasteiger partial charge in [0.2, 0.25) is 5.91 Å². The number of rotatable bonds is 8. The van der Waals surface area contributed by atoms with Crippen molar-refractivity contribution < 1.29 is 24.9 Å². The Bertz CT molecular complexity index is 647. The van der Waals surface area contributed by atoms with Crippen molar-refractivity contribution in [2.24, 2.45) is 11.8 Å². The van der Waals surface area contributed by atoms with Crippen molar-refractivity contribution in [2.75, 3.05) is 20.1 Å². The van der Waals surface area contributed by atoms with Gasteiger partial charge in [0, 0.05) is 28.7 Å². The van der Waals surface area contributed by atoms with Crippen LogP contribution in [-0.2, 0) is 9.59 Å². The number of nitrogens with zero attached hydrogens (tertiary/aromatic N) is 1. The summed E-state index contributed by atoms with van der Waals surface area (Å²) in [5, 5.41) is 36.4. The van der Waals surface area contributed by atoms with Gasteiger partial charge in [-0.15, -0.1) is 24.2 Å². The molecule has 0 aromatic carbocycles. The molecule has 3 aliphatic rings. The summed E-state index contributed by atoms with van der Waals surface area (Å²) in [5.74, 6) is -2.06. The fourth-order valence-electron chi connectivity index (χ4n) is 4.47. The van der Waals surface area contributed by atoms with Gasteiger partial charge in [0.25, 0.3) is 0 Å². The average molecular weight is 436 g/mol. The van der Waals surface area contributed by atoms with E-state index in [0.29, 0.717) is 17.9 Å². The van der Waals surface area contributed by atoms with Crippen LogP contribution in [0.5, 0.6) is 0 Å². The van der Waals surface area contributed by atoms with Crippen LogP contribution in [0.25, 0.3) is 0 Å². The van der Waals surface area contributed by atoms with Crippen LogP contribution < -0.4 is 10.6 Å². The SMILES string of the molecule is CNCC[C@H](O)[C@@H]1C[C@H](SC2=C(C(=O)O)N3C(=O)[C@H]([C@@H](C)O)[C@H]3[C@H]2C)CN1.Cl. The number of β-lactam (4-membered cyclic amide) rings is 1. The number of hydrogen-bond donors (Lipinski definition) is 5. The van der Waals surface area contributed by atoms with Crippen LogP contribution in [0, 0.1) is 11.8 Å². The van der Waals surface area contributed by atoms with Crippen molar-refractivity contribution >= 4 is 36.0 Å². The molecule has 160 valence electrons. The molecule has 2 fully saturated rings. The first-order valence-corrected chi connectivity index (χ1v) is 10.4. The lowest BCUT2D eigenvalue weighted by Crippen LogP contribution is -2.63. The Morgan fingerprint density at radius 1 is 1.43 bits per heavy atom. The lowest BCUT2D eigenvalue weighted by atomic mass is 9.79. The highest BCUT2D eigenvalue weighted by Gasteiger charge is 2.60. The molecule has 7 atom stereocenters. The number of aliphatic hydroxyl groups excluding tert-OH is 2. The molecule has 3 aliphatic heterocycles. The van der Waals surface area contributed by atoms with Crippen molar-refractivity contribution in [3.63, 3.8) is 0 Å². The maximum Gasteiger partial charge on any atom is 0.353 e. The van der Waals surface area contributed by atoms with E-state index in [-0.39, 0.29) is 47.3 Å². The predicted octanol–water partition coefficient (Wildman–Crippen LogP) is -0.00400. The number of carboxylic acids is 1. The quantitative estimate of drug-likeness (QED) is 0.338. The molecule has 2 saturated heterocycles. The number of carboxylic acid groups (broad SMARTS) is 1. The van der Waals surface area contributed by atoms with E-state index in [1.165, 1.54) is 16.7 Å². The second-order valence-electron chi connectivity index (χ2n) is 7.72. The average Bonchev–Trinajstić information content (AvgIpc) is 3.15. The zero-order valence-corrected chi connectivity index (χ0v) is 17.9. The summed E-state index contributed by atoms with van der Waals surface area (Å²) in [6.07, 6.45) is 0.168. The fourth-order valence-corrected chi connectivity index (χ4v) is 5.96. The van der Waals surface area contributed by atoms with Gasteiger partial charge in [0.15, 0.2) is 0 Å². The van der Waals surface area contributed by atoms with Gasteiger partial charge in [-0.2, -0.15) is 0 Å². The van der Waals surface area contributed by atoms with E-state index >= 15 is 0 Å². The van der Waals surface area contributed by atoms with Crippen LogP contribution in [0.3, 0.4) is 0 Å². The van der Waals surface area contributed by atoms with Gasteiger partial charge in [0.1, 0.15) is 5.70 Å². The number of thioether (sulfide) groups is 1. The molecule has 0 aliphatic carbocycles. The Morgan fingerprint density at radius 2 is 2.11 bits per heavy atom. The summed E-state index contributed by atoms with van der Waals surface area (Å²) in [6.45, 7) is 4.94. The molecule has 0 bridgehead atoms. The second kappa shape index (κ2) is 9.32. The van der Waals surface area contributed by atoms with E-state index in [2.05, 4.69) is 10.6 Å². The van der Waals surface area contributed by atoms with Crippen LogP contribution in [0.2, 0.25) is 0 Å². The van der Waals surface area contributed by atoms with E-state index in [0.717, 1.165) is 13.0 Å². The van der Waals surface area contributed by atoms with E-state index in [9.17, 15) is 24.9 Å². The Balaban J connectivity index is 0.00000280. The monoisotopic (exact) mass is 435 g/mol. The zero-order chi connectivity index (χ0) is 19.9. The van der Waals surface area contributed by atoms with Gasteiger partial charge in [-0.25, -0.2) is 4.79 Å². The third-order valence-corrected chi connectivity index (χ3v) is 7.40. The molecule has 3 rings (SSSR count). The molecule has 8 nitrogen and oxygen atoms in total. The Labute approximate surface area is 175 Å². The molecule has 1 amide bonds. The molecule has 0 saturated carbocycles. The molecule has 0 radical (unpaired) electrons. The van der Waals surface area contributed by atoms with Crippen molar-refractivity contribution in [3.05, 3.63) is 10.6 Å². The lowest BCUT2D eigenvalue weighted by Gasteiger charge is -2.46. The standard InChI is InChI=1S/C18H29N3O5S.ClH/c1-8-14-13(9(2)22)17(24)21(14)15(18(25)26)16(8)27-10-6-11(20-7-10)12(23)4-5-19-3;/h8-14,19-20,22-23H,4-7H2,1-3H3,(H,25,26);1H/t8-,9-,10+,11+,12+,13-,14-;/m1./s1. The molecular formula is C18H30ClN3O5S. The van der Waals surface area contributed by atoms with Crippen LogP contribution in [0.15, 0.2) is 10.6 Å². The maximum atomic E-state index is 12.4. The largest absolute Gasteiger partial charge is 0.477 e. The van der Waals surface area contributed by atoms with Gasteiger partial charge < -0.3 is 30.9 Å². The van der Waals surface area contributed by atoms with Crippen molar-refractivity contribution in [2.45, 2.75) is 56.2 Å². The van der Waals surface area contributed by atoms with Crippen molar-refractivity contribution in [1.29, 1.82) is 0 Å². The Hall–Kier alpha value is -0.840. The minimum absolute atomic E-state index is 0. The third-order valence-electron chi connectivity index (χ3n) is 5.88. The smallest absolute Gasteiger partial charge is 0.353 e. The first-order valence-electron chi connectivity index (χ1n) is 9.49. The van der Waals surface area contributed by atoms with Gasteiger partial charge in [0.05, 0.1) is 24.2 Å². The summed E-state index contributed by atoms with van der Waals surface area (Å²) >= 11 is 1.50. The number of amides is 1. The highest BCUT2D eigenvalue weighted by molar-refractivity contribution is 8.03. The molecule has 10 heteroatoms. The van der Waals surface area contributed by atoms with Gasteiger partial charge in [-0.3, -0.25) is 4.79 Å². The van der Waals surface area contributed by atoms with Crippen molar-refractivity contribution in [1.82, 2.24) is 15.5 Å². The number of aliphatic hydroxyl groups is 2. The normalized spacial score (nSPS) is 34.0. The van der Waals surface area contributed by atoms with Crippen LogP contribution in [0.4, 0.5) is 0 Å². The second-order valence-corrected chi connectivity index (χ2v) is 9.06. The fraction of sp³-hybridized carbons (Fsp3) is 0.778. The number of hydrogen-bond acceptors (Lipinski definition) is 7. The van der Waals surface area contributed by atoms with E-state index in [4.69, 9.17) is 0 Å². The summed E-state index contributed by atoms with van der Waals surface area (Å²) in [4.78, 5) is 26.3. The molecule has 0 aromatic rings. The minimum Gasteiger partial charge on any atom is -0.477 e. The number of carbonyl (C=O) groups is 2. The zero-order valence-electron chi connectivity index (χ0n) is 16.3. The number of nitrogens with one attached hydrogen (secondary N) is 2. The highest BCUT2D eigenvalue weighted by Crippen LogP contribution is 2.51. The van der Waals surface area contributed by atoms with Gasteiger partial charge in [-0.05, 0) is 33.4 Å². The van der Waals surface area contributed by atoms with Gasteiger partial charge >= 0.3 is 5.97 Å². The maximum absolute atomic E-state index is 12.4. The highest BCUT2D eigenvalue weighted by atomic mass is 35.5. The predicted molar refractivity (Wildman–Crippen MR) is 109 cm³/mol. The minimum atomic E-state index is -1.10. The van der Waals surface area contributed by atoms with Crippen LogP contribution >= 0.6 is 24.2 Å².